The highest BCUT2D eigenvalue weighted by molar-refractivity contribution is 7.92. The molecule has 8 heteroatoms. The molecule has 0 amide bonds. The molecule has 0 heterocycles. The van der Waals surface area contributed by atoms with E-state index in [9.17, 15) is 22.0 Å². The van der Waals surface area contributed by atoms with Gasteiger partial charge in [-0.3, -0.25) is 4.72 Å². The van der Waals surface area contributed by atoms with E-state index >= 15 is 0 Å². The second-order valence-corrected chi connectivity index (χ2v) is 6.13. The first-order valence-electron chi connectivity index (χ1n) is 6.03. The Kier molecular flexibility index (Phi) is 4.14. The van der Waals surface area contributed by atoms with E-state index in [0.717, 1.165) is 6.07 Å². The standard InChI is InChI=1S/C14H11F2NO4S/c1-8-3-2-4-10(14(18)19)13(8)17-22(20,21)12-7-9(15)5-6-11(12)16/h2-7,17H,1H3,(H,18,19). The number of carboxylic acid groups (broad SMARTS) is 1. The molecule has 0 aromatic heterocycles. The predicted octanol–water partition coefficient (Wildman–Crippen LogP) is 2.77. The zero-order chi connectivity index (χ0) is 16.5. The van der Waals surface area contributed by atoms with Crippen molar-refractivity contribution >= 4 is 21.7 Å². The summed E-state index contributed by atoms with van der Waals surface area (Å²) >= 11 is 0. The fraction of sp³-hybridized carbons (Fsp3) is 0.0714. The second-order valence-electron chi connectivity index (χ2n) is 4.48. The number of para-hydroxylation sites is 1. The number of anilines is 1. The van der Waals surface area contributed by atoms with Crippen molar-refractivity contribution in [3.8, 4) is 0 Å². The average molecular weight is 327 g/mol. The van der Waals surface area contributed by atoms with Gasteiger partial charge in [0.2, 0.25) is 0 Å². The first-order chi connectivity index (χ1) is 10.2. The van der Waals surface area contributed by atoms with Crippen LogP contribution in [-0.2, 0) is 10.0 Å². The van der Waals surface area contributed by atoms with Crippen LogP contribution in [-0.4, -0.2) is 19.5 Å². The van der Waals surface area contributed by atoms with Crippen molar-refractivity contribution in [1.29, 1.82) is 0 Å². The van der Waals surface area contributed by atoms with Crippen molar-refractivity contribution < 1.29 is 27.1 Å². The minimum absolute atomic E-state index is 0.196. The van der Waals surface area contributed by atoms with Crippen molar-refractivity contribution in [1.82, 2.24) is 0 Å². The fourth-order valence-electron chi connectivity index (χ4n) is 1.85. The molecule has 0 spiro atoms. The van der Waals surface area contributed by atoms with Gasteiger partial charge in [0.1, 0.15) is 16.5 Å². The lowest BCUT2D eigenvalue weighted by atomic mass is 10.1. The molecule has 5 nitrogen and oxygen atoms in total. The number of hydrogen-bond donors (Lipinski definition) is 2. The number of aryl methyl sites for hydroxylation is 1. The highest BCUT2D eigenvalue weighted by atomic mass is 32.2. The quantitative estimate of drug-likeness (QED) is 0.904. The first kappa shape index (κ1) is 15.9. The van der Waals surface area contributed by atoms with E-state index in [1.54, 1.807) is 0 Å². The summed E-state index contributed by atoms with van der Waals surface area (Å²) in [5.41, 5.74) is -0.153. The third-order valence-corrected chi connectivity index (χ3v) is 4.29. The number of benzene rings is 2. The smallest absolute Gasteiger partial charge is 0.337 e. The van der Waals surface area contributed by atoms with Crippen LogP contribution in [0.15, 0.2) is 41.3 Å². The van der Waals surface area contributed by atoms with Gasteiger partial charge in [-0.05, 0) is 36.8 Å². The summed E-state index contributed by atoms with van der Waals surface area (Å²) < 4.78 is 53.2. The van der Waals surface area contributed by atoms with E-state index < -0.39 is 32.5 Å². The number of aromatic carboxylic acids is 1. The Morgan fingerprint density at radius 3 is 2.50 bits per heavy atom. The summed E-state index contributed by atoms with van der Waals surface area (Å²) in [6.07, 6.45) is 0. The highest BCUT2D eigenvalue weighted by Gasteiger charge is 2.23. The molecule has 2 N–H and O–H groups in total. The second kappa shape index (κ2) is 5.72. The Bertz CT molecular complexity index is 850. The number of hydrogen-bond acceptors (Lipinski definition) is 3. The number of halogens is 2. The number of rotatable bonds is 4. The molecule has 0 fully saturated rings. The summed E-state index contributed by atoms with van der Waals surface area (Å²) in [6, 6.07) is 6.13. The van der Waals surface area contributed by atoms with Gasteiger partial charge in [0.25, 0.3) is 10.0 Å². The monoisotopic (exact) mass is 327 g/mol. The van der Waals surface area contributed by atoms with E-state index in [2.05, 4.69) is 0 Å². The van der Waals surface area contributed by atoms with Crippen molar-refractivity contribution in [3.63, 3.8) is 0 Å². The summed E-state index contributed by atoms with van der Waals surface area (Å²) in [4.78, 5) is 10.3. The largest absolute Gasteiger partial charge is 0.478 e. The van der Waals surface area contributed by atoms with E-state index in [4.69, 9.17) is 5.11 Å². The van der Waals surface area contributed by atoms with Gasteiger partial charge >= 0.3 is 5.97 Å². The molecule has 0 saturated heterocycles. The van der Waals surface area contributed by atoms with Gasteiger partial charge in [-0.15, -0.1) is 0 Å². The van der Waals surface area contributed by atoms with E-state index in [0.29, 0.717) is 17.7 Å². The fourth-order valence-corrected chi connectivity index (χ4v) is 3.10. The number of sulfonamides is 1. The molecule has 0 unspecified atom stereocenters. The van der Waals surface area contributed by atoms with E-state index in [1.807, 2.05) is 4.72 Å². The third-order valence-electron chi connectivity index (χ3n) is 2.92. The molecule has 22 heavy (non-hydrogen) atoms. The lowest BCUT2D eigenvalue weighted by Gasteiger charge is -2.13. The molecule has 116 valence electrons. The van der Waals surface area contributed by atoms with Gasteiger partial charge < -0.3 is 5.11 Å². The zero-order valence-electron chi connectivity index (χ0n) is 11.3. The third kappa shape index (κ3) is 3.06. The molecule has 0 aliphatic carbocycles. The summed E-state index contributed by atoms with van der Waals surface area (Å²) in [5, 5.41) is 9.09. The van der Waals surface area contributed by atoms with Crippen LogP contribution in [0, 0.1) is 18.6 Å². The van der Waals surface area contributed by atoms with E-state index in [1.165, 1.54) is 25.1 Å². The Balaban J connectivity index is 2.55. The molecule has 0 saturated carbocycles. The molecular weight excluding hydrogens is 316 g/mol. The molecule has 0 bridgehead atoms. The highest BCUT2D eigenvalue weighted by Crippen LogP contribution is 2.25. The molecule has 2 aromatic rings. The van der Waals surface area contributed by atoms with Crippen LogP contribution in [0.25, 0.3) is 0 Å². The molecule has 0 radical (unpaired) electrons. The van der Waals surface area contributed by atoms with Crippen molar-refractivity contribution in [2.75, 3.05) is 4.72 Å². The zero-order valence-corrected chi connectivity index (χ0v) is 12.1. The van der Waals surface area contributed by atoms with E-state index in [-0.39, 0.29) is 11.3 Å². The summed E-state index contributed by atoms with van der Waals surface area (Å²) in [5.74, 6) is -3.41. The van der Waals surface area contributed by atoms with Crippen LogP contribution in [0.3, 0.4) is 0 Å². The first-order valence-corrected chi connectivity index (χ1v) is 7.51. The predicted molar refractivity (Wildman–Crippen MR) is 75.3 cm³/mol. The molecular formula is C14H11F2NO4S. The van der Waals surface area contributed by atoms with Crippen molar-refractivity contribution in [2.45, 2.75) is 11.8 Å². The van der Waals surface area contributed by atoms with Crippen molar-refractivity contribution in [2.24, 2.45) is 0 Å². The van der Waals surface area contributed by atoms with Gasteiger partial charge in [-0.1, -0.05) is 12.1 Å². The Hall–Kier alpha value is -2.48. The SMILES string of the molecule is Cc1cccc(C(=O)O)c1NS(=O)(=O)c1cc(F)ccc1F. The Morgan fingerprint density at radius 1 is 1.18 bits per heavy atom. The maximum Gasteiger partial charge on any atom is 0.337 e. The normalized spacial score (nSPS) is 11.2. The maximum absolute atomic E-state index is 13.6. The molecule has 2 rings (SSSR count). The topological polar surface area (TPSA) is 83.5 Å². The Morgan fingerprint density at radius 2 is 1.86 bits per heavy atom. The molecule has 0 atom stereocenters. The summed E-state index contributed by atoms with van der Waals surface area (Å²) in [6.45, 7) is 1.49. The van der Waals surface area contributed by atoms with Crippen LogP contribution in [0.5, 0.6) is 0 Å². The van der Waals surface area contributed by atoms with Crippen LogP contribution >= 0.6 is 0 Å². The number of nitrogens with one attached hydrogen (secondary N) is 1. The molecule has 0 aliphatic rings. The lowest BCUT2D eigenvalue weighted by molar-refractivity contribution is 0.0698. The minimum atomic E-state index is -4.47. The van der Waals surface area contributed by atoms with Crippen LogP contribution < -0.4 is 4.72 Å². The molecule has 0 aliphatic heterocycles. The van der Waals surface area contributed by atoms with Gasteiger partial charge in [0, 0.05) is 0 Å². The average Bonchev–Trinajstić information content (AvgIpc) is 2.43. The van der Waals surface area contributed by atoms with Crippen LogP contribution in [0.1, 0.15) is 15.9 Å². The van der Waals surface area contributed by atoms with Gasteiger partial charge in [0.15, 0.2) is 0 Å². The van der Waals surface area contributed by atoms with Crippen LogP contribution in [0.2, 0.25) is 0 Å². The Labute approximate surface area is 125 Å². The van der Waals surface area contributed by atoms with Gasteiger partial charge in [-0.2, -0.15) is 0 Å². The number of carbonyl (C=O) groups is 1. The van der Waals surface area contributed by atoms with Crippen molar-refractivity contribution in [3.05, 3.63) is 59.2 Å². The lowest BCUT2D eigenvalue weighted by Crippen LogP contribution is -2.18. The maximum atomic E-state index is 13.6. The minimum Gasteiger partial charge on any atom is -0.478 e. The van der Waals surface area contributed by atoms with Crippen LogP contribution in [0.4, 0.5) is 14.5 Å². The molecule has 2 aromatic carbocycles. The van der Waals surface area contributed by atoms with Gasteiger partial charge in [-0.25, -0.2) is 22.0 Å². The number of carboxylic acids is 1. The summed E-state index contributed by atoms with van der Waals surface area (Å²) in [7, 11) is -4.47. The van der Waals surface area contributed by atoms with Gasteiger partial charge in [0.05, 0.1) is 11.3 Å².